The number of carbonyl (C=O) groups excluding carboxylic acids is 2. The van der Waals surface area contributed by atoms with Crippen molar-refractivity contribution >= 4 is 40.7 Å². The largest absolute Gasteiger partial charge is 0.481 e. The van der Waals surface area contributed by atoms with Crippen molar-refractivity contribution in [1.82, 2.24) is 14.7 Å². The first kappa shape index (κ1) is 28.5. The zero-order valence-corrected chi connectivity index (χ0v) is 22.5. The monoisotopic (exact) mass is 560 g/mol. The molecule has 4 aromatic rings. The molecule has 13 nitrogen and oxygen atoms in total. The number of amides is 1. The highest BCUT2D eigenvalue weighted by Crippen LogP contribution is 2.31. The number of hydrogen-bond donors (Lipinski definition) is 3. The van der Waals surface area contributed by atoms with Crippen LogP contribution in [0.2, 0.25) is 0 Å². The Morgan fingerprint density at radius 3 is 2.49 bits per heavy atom. The molecule has 0 saturated carbocycles. The Labute approximate surface area is 234 Å². The van der Waals surface area contributed by atoms with Crippen LogP contribution in [0, 0.1) is 10.1 Å². The summed E-state index contributed by atoms with van der Waals surface area (Å²) in [5, 5.41) is 26.5. The molecule has 3 N–H and O–H groups in total. The van der Waals surface area contributed by atoms with Crippen LogP contribution in [0.3, 0.4) is 0 Å². The molecule has 13 heteroatoms. The number of aromatic nitrogens is 2. The van der Waals surface area contributed by atoms with Crippen molar-refractivity contribution in [3.8, 4) is 11.3 Å². The highest BCUT2D eigenvalue weighted by Gasteiger charge is 2.24. The Morgan fingerprint density at radius 1 is 1.12 bits per heavy atom. The summed E-state index contributed by atoms with van der Waals surface area (Å²) in [5.74, 6) is -1.89. The van der Waals surface area contributed by atoms with Crippen LogP contribution in [-0.4, -0.2) is 65.0 Å². The maximum Gasteiger partial charge on any atom is 0.325 e. The lowest BCUT2D eigenvalue weighted by atomic mass is 10.0. The smallest absolute Gasteiger partial charge is 0.325 e. The Bertz CT molecular complexity index is 1610. The van der Waals surface area contributed by atoms with Gasteiger partial charge in [0, 0.05) is 43.7 Å². The van der Waals surface area contributed by atoms with Gasteiger partial charge in [0.1, 0.15) is 18.1 Å². The second-order valence-corrected chi connectivity index (χ2v) is 9.27. The number of benzene rings is 2. The number of rotatable bonds is 11. The number of nitrogens with zero attached hydrogens (tertiary/aromatic N) is 4. The van der Waals surface area contributed by atoms with Crippen LogP contribution in [0.5, 0.6) is 0 Å². The number of esters is 1. The number of aliphatic carboxylic acids is 1. The maximum absolute atomic E-state index is 13.5. The van der Waals surface area contributed by atoms with Gasteiger partial charge in [0.05, 0.1) is 30.1 Å². The van der Waals surface area contributed by atoms with E-state index in [1.54, 1.807) is 16.7 Å². The van der Waals surface area contributed by atoms with E-state index >= 15 is 0 Å². The van der Waals surface area contributed by atoms with E-state index in [-0.39, 0.29) is 29.0 Å². The van der Waals surface area contributed by atoms with Crippen LogP contribution in [0.15, 0.2) is 66.9 Å². The van der Waals surface area contributed by atoms with Crippen molar-refractivity contribution in [3.05, 3.63) is 88.1 Å². The standard InChI is InChI=1S/C28H28N6O7/c1-32(2)19-11-9-17(10-12-19)25-27(29-16-24(37)41-3)33-13-5-8-21(26(33)31-25)28(38)30-22(15-23(35)36)18-6-4-7-20(14-18)34(39)40/h4-14,22,29H,15-16H2,1-3H3,(H,30,38)(H,35,36). The summed E-state index contributed by atoms with van der Waals surface area (Å²) in [4.78, 5) is 54.4. The molecule has 0 bridgehead atoms. The van der Waals surface area contributed by atoms with E-state index in [4.69, 9.17) is 9.72 Å². The first-order valence-corrected chi connectivity index (χ1v) is 12.5. The van der Waals surface area contributed by atoms with Gasteiger partial charge in [-0.15, -0.1) is 0 Å². The predicted molar refractivity (Wildman–Crippen MR) is 151 cm³/mol. The van der Waals surface area contributed by atoms with Gasteiger partial charge < -0.3 is 25.4 Å². The molecule has 212 valence electrons. The number of pyridine rings is 1. The summed E-state index contributed by atoms with van der Waals surface area (Å²) in [6, 6.07) is 15.1. The molecule has 1 amide bonds. The van der Waals surface area contributed by atoms with Gasteiger partial charge in [-0.1, -0.05) is 24.3 Å². The zero-order valence-electron chi connectivity index (χ0n) is 22.5. The molecule has 41 heavy (non-hydrogen) atoms. The first-order chi connectivity index (χ1) is 19.6. The van der Waals surface area contributed by atoms with Crippen LogP contribution in [0.1, 0.15) is 28.4 Å². The minimum Gasteiger partial charge on any atom is -0.481 e. The van der Waals surface area contributed by atoms with E-state index in [0.717, 1.165) is 11.3 Å². The minimum absolute atomic E-state index is 0.130. The summed E-state index contributed by atoms with van der Waals surface area (Å²) in [7, 11) is 5.11. The molecule has 0 aliphatic heterocycles. The lowest BCUT2D eigenvalue weighted by Crippen LogP contribution is -2.30. The van der Waals surface area contributed by atoms with Crippen LogP contribution < -0.4 is 15.5 Å². The van der Waals surface area contributed by atoms with Crippen molar-refractivity contribution in [2.45, 2.75) is 12.5 Å². The van der Waals surface area contributed by atoms with Gasteiger partial charge in [-0.3, -0.25) is 28.9 Å². The number of nitro benzene ring substituents is 1. The van der Waals surface area contributed by atoms with Crippen LogP contribution in [0.4, 0.5) is 17.2 Å². The fraction of sp³-hybridized carbons (Fsp3) is 0.214. The lowest BCUT2D eigenvalue weighted by Gasteiger charge is -2.17. The summed E-state index contributed by atoms with van der Waals surface area (Å²) in [6.07, 6.45) is 1.17. The average molecular weight is 561 g/mol. The number of imidazole rings is 1. The van der Waals surface area contributed by atoms with E-state index in [9.17, 15) is 29.6 Å². The van der Waals surface area contributed by atoms with Gasteiger partial charge in [-0.25, -0.2) is 4.98 Å². The number of methoxy groups -OCH3 is 1. The summed E-state index contributed by atoms with van der Waals surface area (Å²) >= 11 is 0. The lowest BCUT2D eigenvalue weighted by molar-refractivity contribution is -0.384. The van der Waals surface area contributed by atoms with Gasteiger partial charge in [-0.05, 0) is 29.8 Å². The highest BCUT2D eigenvalue weighted by atomic mass is 16.6. The molecule has 2 aromatic heterocycles. The molecule has 4 rings (SSSR count). The third-order valence-electron chi connectivity index (χ3n) is 6.35. The van der Waals surface area contributed by atoms with Crippen molar-refractivity contribution < 1.29 is 29.2 Å². The molecular formula is C28H28N6O7. The number of carbonyl (C=O) groups is 3. The average Bonchev–Trinajstić information content (AvgIpc) is 3.33. The molecule has 2 heterocycles. The normalized spacial score (nSPS) is 11.5. The summed E-state index contributed by atoms with van der Waals surface area (Å²) < 4.78 is 6.38. The van der Waals surface area contributed by atoms with Gasteiger partial charge in [0.2, 0.25) is 0 Å². The molecule has 1 unspecified atom stereocenters. The molecule has 0 aliphatic rings. The second kappa shape index (κ2) is 12.2. The molecule has 0 spiro atoms. The number of carboxylic acid groups (broad SMARTS) is 1. The quantitative estimate of drug-likeness (QED) is 0.140. The van der Waals surface area contributed by atoms with Crippen LogP contribution in [-0.2, 0) is 14.3 Å². The SMILES string of the molecule is COC(=O)CNc1c(-c2ccc(N(C)C)cc2)nc2c(C(=O)NC(CC(=O)O)c3cccc([N+](=O)[O-])c3)cccn12. The number of carboxylic acids is 1. The fourth-order valence-electron chi connectivity index (χ4n) is 4.28. The number of nitrogens with one attached hydrogen (secondary N) is 2. The number of hydrogen-bond acceptors (Lipinski definition) is 9. The highest BCUT2D eigenvalue weighted by molar-refractivity contribution is 6.01. The number of fused-ring (bicyclic) bond motifs is 1. The molecule has 0 aliphatic carbocycles. The summed E-state index contributed by atoms with van der Waals surface area (Å²) in [5.41, 5.74) is 2.58. The van der Waals surface area contributed by atoms with E-state index in [0.29, 0.717) is 11.5 Å². The van der Waals surface area contributed by atoms with E-state index < -0.39 is 35.2 Å². The number of nitro groups is 1. The molecular weight excluding hydrogens is 532 g/mol. The summed E-state index contributed by atoms with van der Waals surface area (Å²) in [6.45, 7) is -0.156. The molecule has 0 fully saturated rings. The van der Waals surface area contributed by atoms with Gasteiger partial charge in [-0.2, -0.15) is 0 Å². The molecule has 0 radical (unpaired) electrons. The maximum atomic E-state index is 13.5. The Kier molecular flexibility index (Phi) is 8.46. The number of anilines is 2. The third-order valence-corrected chi connectivity index (χ3v) is 6.35. The van der Waals surface area contributed by atoms with Crippen molar-refractivity contribution in [2.24, 2.45) is 0 Å². The number of non-ortho nitro benzene ring substituents is 1. The van der Waals surface area contributed by atoms with Gasteiger partial charge in [0.25, 0.3) is 11.6 Å². The molecule has 1 atom stereocenters. The molecule has 0 saturated heterocycles. The Morgan fingerprint density at radius 2 is 1.85 bits per heavy atom. The van der Waals surface area contributed by atoms with E-state index in [2.05, 4.69) is 10.6 Å². The fourth-order valence-corrected chi connectivity index (χ4v) is 4.28. The van der Waals surface area contributed by atoms with E-state index in [1.165, 1.54) is 37.4 Å². The molecule has 2 aromatic carbocycles. The second-order valence-electron chi connectivity index (χ2n) is 9.27. The van der Waals surface area contributed by atoms with Crippen LogP contribution in [0.25, 0.3) is 16.9 Å². The van der Waals surface area contributed by atoms with E-state index in [1.807, 2.05) is 43.3 Å². The van der Waals surface area contributed by atoms with Crippen molar-refractivity contribution in [3.63, 3.8) is 0 Å². The minimum atomic E-state index is -1.20. The number of ether oxygens (including phenoxy) is 1. The van der Waals surface area contributed by atoms with Gasteiger partial charge >= 0.3 is 11.9 Å². The van der Waals surface area contributed by atoms with Crippen molar-refractivity contribution in [2.75, 3.05) is 38.0 Å². The first-order valence-electron chi connectivity index (χ1n) is 12.5. The zero-order chi connectivity index (χ0) is 29.7. The Balaban J connectivity index is 1.77. The van der Waals surface area contributed by atoms with Crippen LogP contribution >= 0.6 is 0 Å². The topological polar surface area (TPSA) is 168 Å². The third kappa shape index (κ3) is 6.41. The Hall–Kier alpha value is -5.46. The van der Waals surface area contributed by atoms with Gasteiger partial charge in [0.15, 0.2) is 5.65 Å². The predicted octanol–water partition coefficient (Wildman–Crippen LogP) is 3.51. The van der Waals surface area contributed by atoms with Crippen molar-refractivity contribution in [1.29, 1.82) is 0 Å².